The summed E-state index contributed by atoms with van der Waals surface area (Å²) in [5.41, 5.74) is 0. The Bertz CT molecular complexity index is 705. The molecule has 3 heterocycles. The van der Waals surface area contributed by atoms with Crippen molar-refractivity contribution >= 4 is 11.9 Å². The summed E-state index contributed by atoms with van der Waals surface area (Å²) in [6.07, 6.45) is 13.1. The monoisotopic (exact) mass is 450 g/mol. The third-order valence-electron chi connectivity index (χ3n) is 6.42. The minimum absolute atomic E-state index is 0.0382. The third kappa shape index (κ3) is 5.78. The highest BCUT2D eigenvalue weighted by Crippen LogP contribution is 2.41. The summed E-state index contributed by atoms with van der Waals surface area (Å²) < 4.78 is 34.3. The lowest BCUT2D eigenvalue weighted by Crippen LogP contribution is -2.36. The SMILES string of the molecule is C/C=C/[C@@H]1OC2(CCCCC2)O[C@@H]1/C=C/C(=O)OC[C@@H]1COC(=O)[C@@H]1OC1CCCCO1. The predicted octanol–water partition coefficient (Wildman–Crippen LogP) is 3.19. The first-order chi connectivity index (χ1) is 15.6. The Balaban J connectivity index is 1.28. The minimum atomic E-state index is -0.772. The zero-order valence-corrected chi connectivity index (χ0v) is 18.7. The van der Waals surface area contributed by atoms with E-state index in [0.717, 1.165) is 44.9 Å². The normalized spacial score (nSPS) is 35.0. The Hall–Kier alpha value is -1.74. The molecular weight excluding hydrogens is 416 g/mol. The van der Waals surface area contributed by atoms with Crippen LogP contribution < -0.4 is 0 Å². The van der Waals surface area contributed by atoms with Crippen LogP contribution in [0.4, 0.5) is 0 Å². The van der Waals surface area contributed by atoms with Gasteiger partial charge in [0.1, 0.15) is 25.4 Å². The molecule has 0 aromatic carbocycles. The fourth-order valence-corrected chi connectivity index (χ4v) is 4.72. The number of rotatable bonds is 7. The Kier molecular flexibility index (Phi) is 7.99. The second-order valence-corrected chi connectivity index (χ2v) is 8.89. The third-order valence-corrected chi connectivity index (χ3v) is 6.42. The minimum Gasteiger partial charge on any atom is -0.463 e. The summed E-state index contributed by atoms with van der Waals surface area (Å²) in [7, 11) is 0. The average Bonchev–Trinajstić information content (AvgIpc) is 3.32. The molecule has 3 saturated heterocycles. The Morgan fingerprint density at radius 1 is 1.09 bits per heavy atom. The second-order valence-electron chi connectivity index (χ2n) is 8.89. The Labute approximate surface area is 189 Å². The van der Waals surface area contributed by atoms with Gasteiger partial charge in [0.05, 0.1) is 5.92 Å². The maximum absolute atomic E-state index is 12.4. The molecule has 3 aliphatic heterocycles. The quantitative estimate of drug-likeness (QED) is 0.332. The lowest BCUT2D eigenvalue weighted by molar-refractivity contribution is -0.200. The van der Waals surface area contributed by atoms with Crippen molar-refractivity contribution in [3.63, 3.8) is 0 Å². The summed E-state index contributed by atoms with van der Waals surface area (Å²) >= 11 is 0. The van der Waals surface area contributed by atoms with Crippen molar-refractivity contribution < 1.29 is 38.0 Å². The van der Waals surface area contributed by atoms with E-state index in [1.165, 1.54) is 12.5 Å². The zero-order valence-electron chi connectivity index (χ0n) is 18.7. The molecule has 1 spiro atoms. The molecule has 178 valence electrons. The van der Waals surface area contributed by atoms with Crippen LogP contribution >= 0.6 is 0 Å². The summed E-state index contributed by atoms with van der Waals surface area (Å²) in [6.45, 7) is 2.76. The molecule has 1 unspecified atom stereocenters. The molecule has 0 N–H and O–H groups in total. The Morgan fingerprint density at radius 3 is 2.59 bits per heavy atom. The lowest BCUT2D eigenvalue weighted by Gasteiger charge is -2.31. The van der Waals surface area contributed by atoms with Crippen molar-refractivity contribution in [3.8, 4) is 0 Å². The summed E-state index contributed by atoms with van der Waals surface area (Å²) in [4.78, 5) is 24.4. The van der Waals surface area contributed by atoms with Crippen LogP contribution in [0.15, 0.2) is 24.3 Å². The van der Waals surface area contributed by atoms with E-state index in [1.54, 1.807) is 6.08 Å². The van der Waals surface area contributed by atoms with Gasteiger partial charge in [-0.15, -0.1) is 0 Å². The zero-order chi connectivity index (χ0) is 22.4. The topological polar surface area (TPSA) is 89.5 Å². The van der Waals surface area contributed by atoms with Gasteiger partial charge < -0.3 is 28.4 Å². The van der Waals surface area contributed by atoms with Gasteiger partial charge in [-0.3, -0.25) is 0 Å². The van der Waals surface area contributed by atoms with Crippen molar-refractivity contribution in [1.29, 1.82) is 0 Å². The van der Waals surface area contributed by atoms with Crippen LogP contribution in [0.5, 0.6) is 0 Å². The van der Waals surface area contributed by atoms with Crippen molar-refractivity contribution in [2.75, 3.05) is 19.8 Å². The maximum Gasteiger partial charge on any atom is 0.335 e. The van der Waals surface area contributed by atoms with Crippen molar-refractivity contribution in [3.05, 3.63) is 24.3 Å². The van der Waals surface area contributed by atoms with Crippen LogP contribution in [0.1, 0.15) is 58.3 Å². The van der Waals surface area contributed by atoms with Crippen LogP contribution in [-0.2, 0) is 38.0 Å². The molecule has 0 radical (unpaired) electrons. The number of hydrogen-bond donors (Lipinski definition) is 0. The molecular formula is C24H34O8. The van der Waals surface area contributed by atoms with Crippen LogP contribution in [0.3, 0.4) is 0 Å². The van der Waals surface area contributed by atoms with E-state index in [0.29, 0.717) is 6.61 Å². The molecule has 0 aromatic rings. The molecule has 1 aliphatic carbocycles. The van der Waals surface area contributed by atoms with E-state index in [4.69, 9.17) is 28.4 Å². The molecule has 0 bridgehead atoms. The van der Waals surface area contributed by atoms with Crippen LogP contribution in [0.2, 0.25) is 0 Å². The van der Waals surface area contributed by atoms with Gasteiger partial charge in [-0.25, -0.2) is 9.59 Å². The summed E-state index contributed by atoms with van der Waals surface area (Å²) in [5.74, 6) is -1.82. The first-order valence-electron chi connectivity index (χ1n) is 11.9. The van der Waals surface area contributed by atoms with Crippen LogP contribution in [0, 0.1) is 5.92 Å². The van der Waals surface area contributed by atoms with E-state index in [1.807, 2.05) is 19.1 Å². The highest BCUT2D eigenvalue weighted by Gasteiger charge is 2.46. The second kappa shape index (κ2) is 10.9. The number of allylic oxidation sites excluding steroid dienone is 1. The number of esters is 2. The average molecular weight is 451 g/mol. The first kappa shape index (κ1) is 23.4. The van der Waals surface area contributed by atoms with Gasteiger partial charge in [0.2, 0.25) is 0 Å². The lowest BCUT2D eigenvalue weighted by atomic mass is 9.94. The van der Waals surface area contributed by atoms with Gasteiger partial charge in [0, 0.05) is 25.5 Å². The molecule has 8 nitrogen and oxygen atoms in total. The fourth-order valence-electron chi connectivity index (χ4n) is 4.72. The summed E-state index contributed by atoms with van der Waals surface area (Å²) in [5, 5.41) is 0. The predicted molar refractivity (Wildman–Crippen MR) is 113 cm³/mol. The van der Waals surface area contributed by atoms with Crippen LogP contribution in [0.25, 0.3) is 0 Å². The maximum atomic E-state index is 12.4. The van der Waals surface area contributed by atoms with Gasteiger partial charge in [-0.1, -0.05) is 18.6 Å². The molecule has 4 rings (SSSR count). The smallest absolute Gasteiger partial charge is 0.335 e. The molecule has 8 heteroatoms. The van der Waals surface area contributed by atoms with Crippen molar-refractivity contribution in [2.24, 2.45) is 5.92 Å². The molecule has 4 fully saturated rings. The summed E-state index contributed by atoms with van der Waals surface area (Å²) in [6, 6.07) is 0. The van der Waals surface area contributed by atoms with Gasteiger partial charge in [0.25, 0.3) is 0 Å². The van der Waals surface area contributed by atoms with E-state index in [9.17, 15) is 9.59 Å². The van der Waals surface area contributed by atoms with Crippen molar-refractivity contribution in [2.45, 2.75) is 88.7 Å². The molecule has 32 heavy (non-hydrogen) atoms. The standard InChI is InChI=1S/C24H34O8/c1-2-8-18-19(32-24(31-18)12-5-3-6-13-24)10-11-20(25)28-15-17-16-29-23(26)22(17)30-21-9-4-7-14-27-21/h2,8,10-11,17-19,21-22H,3-7,9,12-16H2,1H3/b8-2+,11-10+/t17-,18+,19-,21?,22-/m1/s1. The number of carbonyl (C=O) groups is 2. The number of hydrogen-bond acceptors (Lipinski definition) is 8. The van der Waals surface area contributed by atoms with E-state index in [-0.39, 0.29) is 31.3 Å². The fraction of sp³-hybridized carbons (Fsp3) is 0.750. The Morgan fingerprint density at radius 2 is 1.88 bits per heavy atom. The molecule has 0 amide bonds. The van der Waals surface area contributed by atoms with Gasteiger partial charge >= 0.3 is 11.9 Å². The highest BCUT2D eigenvalue weighted by atomic mass is 16.8. The van der Waals surface area contributed by atoms with E-state index in [2.05, 4.69) is 0 Å². The molecule has 1 saturated carbocycles. The number of ether oxygens (including phenoxy) is 6. The molecule has 4 aliphatic rings. The number of cyclic esters (lactones) is 1. The molecule has 0 aromatic heterocycles. The van der Waals surface area contributed by atoms with E-state index < -0.39 is 30.1 Å². The van der Waals surface area contributed by atoms with Crippen LogP contribution in [-0.4, -0.2) is 62.1 Å². The highest BCUT2D eigenvalue weighted by molar-refractivity contribution is 5.82. The van der Waals surface area contributed by atoms with Crippen molar-refractivity contribution in [1.82, 2.24) is 0 Å². The van der Waals surface area contributed by atoms with Gasteiger partial charge in [-0.05, 0) is 45.1 Å². The molecule has 5 atom stereocenters. The van der Waals surface area contributed by atoms with E-state index >= 15 is 0 Å². The number of carbonyl (C=O) groups excluding carboxylic acids is 2. The van der Waals surface area contributed by atoms with Gasteiger partial charge in [-0.2, -0.15) is 0 Å². The first-order valence-corrected chi connectivity index (χ1v) is 11.9. The largest absolute Gasteiger partial charge is 0.463 e. The van der Waals surface area contributed by atoms with Gasteiger partial charge in [0.15, 0.2) is 18.2 Å².